The molecule has 0 radical (unpaired) electrons. The van der Waals surface area contributed by atoms with Crippen molar-refractivity contribution < 1.29 is 4.79 Å². The van der Waals surface area contributed by atoms with Crippen molar-refractivity contribution in [2.24, 2.45) is 0 Å². The lowest BCUT2D eigenvalue weighted by molar-refractivity contribution is 0.0629. The smallest absolute Gasteiger partial charge is 0.254 e. The Balaban J connectivity index is 1.39. The van der Waals surface area contributed by atoms with E-state index in [2.05, 4.69) is 25.8 Å². The van der Waals surface area contributed by atoms with Crippen LogP contribution in [0.3, 0.4) is 0 Å². The number of carbonyl (C=O) groups is 1. The summed E-state index contributed by atoms with van der Waals surface area (Å²) < 4.78 is 1.02. The molecule has 0 atom stereocenters. The molecule has 0 saturated carbocycles. The maximum atomic E-state index is 13.6. The van der Waals surface area contributed by atoms with E-state index in [1.165, 1.54) is 0 Å². The van der Waals surface area contributed by atoms with Gasteiger partial charge in [-0.3, -0.25) is 14.7 Å². The lowest BCUT2D eigenvalue weighted by Gasteiger charge is -2.34. The van der Waals surface area contributed by atoms with Gasteiger partial charge in [0, 0.05) is 54.3 Å². The first-order chi connectivity index (χ1) is 15.7. The topological polar surface area (TPSA) is 49.3 Å². The molecule has 32 heavy (non-hydrogen) atoms. The number of pyridine rings is 2. The first-order valence-electron chi connectivity index (χ1n) is 10.7. The highest BCUT2D eigenvalue weighted by atomic mass is 79.9. The fraction of sp³-hybridized carbons (Fsp3) is 0.192. The minimum atomic E-state index is 0.0689. The Morgan fingerprint density at radius 3 is 2.41 bits per heavy atom. The molecule has 0 unspecified atom stereocenters. The number of para-hydroxylation sites is 1. The number of aromatic nitrogens is 2. The summed E-state index contributed by atoms with van der Waals surface area (Å²) in [4.78, 5) is 27.1. The Morgan fingerprint density at radius 1 is 0.906 bits per heavy atom. The van der Waals surface area contributed by atoms with Crippen molar-refractivity contribution in [3.05, 3.63) is 94.7 Å². The highest BCUT2D eigenvalue weighted by molar-refractivity contribution is 9.10. The Morgan fingerprint density at radius 2 is 1.66 bits per heavy atom. The largest absolute Gasteiger partial charge is 0.336 e. The molecule has 1 aliphatic heterocycles. The molecule has 5 rings (SSSR count). The normalized spacial score (nSPS) is 14.6. The highest BCUT2D eigenvalue weighted by Gasteiger charge is 2.24. The molecule has 0 aliphatic carbocycles. The molecule has 0 bridgehead atoms. The number of amides is 1. The minimum Gasteiger partial charge on any atom is -0.336 e. The number of fused-ring (bicyclic) bond motifs is 1. The molecule has 6 heteroatoms. The van der Waals surface area contributed by atoms with E-state index in [-0.39, 0.29) is 5.91 Å². The molecule has 1 saturated heterocycles. The molecule has 0 N–H and O–H groups in total. The Labute approximate surface area is 195 Å². The van der Waals surface area contributed by atoms with E-state index in [0.717, 1.165) is 52.0 Å². The van der Waals surface area contributed by atoms with Crippen LogP contribution in [0.1, 0.15) is 16.1 Å². The maximum Gasteiger partial charge on any atom is 0.254 e. The number of hydrogen-bond acceptors (Lipinski definition) is 4. The molecular weight excluding hydrogens is 464 g/mol. The van der Waals surface area contributed by atoms with Crippen molar-refractivity contribution >= 4 is 32.7 Å². The zero-order valence-corrected chi connectivity index (χ0v) is 19.2. The molecule has 160 valence electrons. The number of piperazine rings is 1. The van der Waals surface area contributed by atoms with Gasteiger partial charge < -0.3 is 4.90 Å². The predicted octanol–water partition coefficient (Wildman–Crippen LogP) is 5.02. The molecular formula is C26H23BrN4O. The Kier molecular flexibility index (Phi) is 5.97. The summed E-state index contributed by atoms with van der Waals surface area (Å²) >= 11 is 3.48. The highest BCUT2D eigenvalue weighted by Crippen LogP contribution is 2.27. The predicted molar refractivity (Wildman–Crippen MR) is 130 cm³/mol. The fourth-order valence-electron chi connectivity index (χ4n) is 4.12. The average molecular weight is 487 g/mol. The lowest BCUT2D eigenvalue weighted by atomic mass is 10.0. The van der Waals surface area contributed by atoms with Crippen molar-refractivity contribution in [3.8, 4) is 11.3 Å². The van der Waals surface area contributed by atoms with Gasteiger partial charge in [0.15, 0.2) is 0 Å². The summed E-state index contributed by atoms with van der Waals surface area (Å²) in [5.41, 5.74) is 4.42. The molecule has 3 heterocycles. The van der Waals surface area contributed by atoms with Gasteiger partial charge >= 0.3 is 0 Å². The summed E-state index contributed by atoms with van der Waals surface area (Å²) in [6, 6.07) is 23.8. The van der Waals surface area contributed by atoms with E-state index in [9.17, 15) is 4.79 Å². The summed E-state index contributed by atoms with van der Waals surface area (Å²) in [6.07, 6.45) is 1.83. The summed E-state index contributed by atoms with van der Waals surface area (Å²) in [6.45, 7) is 3.90. The van der Waals surface area contributed by atoms with Gasteiger partial charge in [-0.2, -0.15) is 0 Å². The average Bonchev–Trinajstić information content (AvgIpc) is 2.84. The standard InChI is InChI=1S/C26H23BrN4O/c27-20-10-8-19(9-11-20)25-17-23(22-6-1-2-7-24(22)29-25)26(32)31-15-13-30(14-16-31)18-21-5-3-4-12-28-21/h1-12,17H,13-16,18H2. The quantitative estimate of drug-likeness (QED) is 0.406. The molecule has 2 aromatic heterocycles. The van der Waals surface area contributed by atoms with Crippen LogP contribution in [-0.2, 0) is 6.54 Å². The second kappa shape index (κ2) is 9.18. The molecule has 1 aliphatic rings. The van der Waals surface area contributed by atoms with Crippen LogP contribution < -0.4 is 0 Å². The monoisotopic (exact) mass is 486 g/mol. The molecule has 1 fully saturated rings. The first kappa shape index (κ1) is 20.8. The van der Waals surface area contributed by atoms with Gasteiger partial charge in [-0.25, -0.2) is 4.98 Å². The molecule has 1 amide bonds. The zero-order chi connectivity index (χ0) is 21.9. The third kappa shape index (κ3) is 4.42. The minimum absolute atomic E-state index is 0.0689. The van der Waals surface area contributed by atoms with Crippen molar-refractivity contribution in [3.63, 3.8) is 0 Å². The van der Waals surface area contributed by atoms with Crippen molar-refractivity contribution in [2.45, 2.75) is 6.54 Å². The second-order valence-electron chi connectivity index (χ2n) is 7.97. The van der Waals surface area contributed by atoms with E-state index in [0.29, 0.717) is 18.7 Å². The number of carbonyl (C=O) groups excluding carboxylic acids is 1. The number of rotatable bonds is 4. The van der Waals surface area contributed by atoms with Crippen LogP contribution in [0.4, 0.5) is 0 Å². The van der Waals surface area contributed by atoms with E-state index in [1.54, 1.807) is 0 Å². The summed E-state index contributed by atoms with van der Waals surface area (Å²) in [5, 5.41) is 0.897. The number of nitrogens with zero attached hydrogens (tertiary/aromatic N) is 4. The third-order valence-corrected chi connectivity index (χ3v) is 6.39. The lowest BCUT2D eigenvalue weighted by Crippen LogP contribution is -2.48. The summed E-state index contributed by atoms with van der Waals surface area (Å²) in [5.74, 6) is 0.0689. The molecule has 0 spiro atoms. The molecule has 2 aromatic carbocycles. The van der Waals surface area contributed by atoms with Gasteiger partial charge in [-0.15, -0.1) is 0 Å². The second-order valence-corrected chi connectivity index (χ2v) is 8.88. The van der Waals surface area contributed by atoms with Gasteiger partial charge in [-0.05, 0) is 36.4 Å². The molecule has 5 nitrogen and oxygen atoms in total. The number of hydrogen-bond donors (Lipinski definition) is 0. The van der Waals surface area contributed by atoms with E-state index >= 15 is 0 Å². The van der Waals surface area contributed by atoms with Crippen molar-refractivity contribution in [2.75, 3.05) is 26.2 Å². The van der Waals surface area contributed by atoms with Gasteiger partial charge in [0.2, 0.25) is 0 Å². The van der Waals surface area contributed by atoms with E-state index in [4.69, 9.17) is 4.98 Å². The van der Waals surface area contributed by atoms with Crippen LogP contribution in [0.15, 0.2) is 83.5 Å². The summed E-state index contributed by atoms with van der Waals surface area (Å²) in [7, 11) is 0. The van der Waals surface area contributed by atoms with Crippen LogP contribution in [-0.4, -0.2) is 51.9 Å². The van der Waals surface area contributed by atoms with Crippen LogP contribution in [0.2, 0.25) is 0 Å². The van der Waals surface area contributed by atoms with Crippen molar-refractivity contribution in [1.29, 1.82) is 0 Å². The van der Waals surface area contributed by atoms with Gasteiger partial charge in [0.1, 0.15) is 0 Å². The number of halogens is 1. The van der Waals surface area contributed by atoms with E-state index in [1.807, 2.05) is 83.9 Å². The van der Waals surface area contributed by atoms with Gasteiger partial charge in [0.25, 0.3) is 5.91 Å². The first-order valence-corrected chi connectivity index (χ1v) is 11.5. The SMILES string of the molecule is O=C(c1cc(-c2ccc(Br)cc2)nc2ccccc12)N1CCN(Cc2ccccn2)CC1. The van der Waals surface area contributed by atoms with Crippen LogP contribution in [0, 0.1) is 0 Å². The maximum absolute atomic E-state index is 13.6. The zero-order valence-electron chi connectivity index (χ0n) is 17.6. The van der Waals surface area contributed by atoms with E-state index < -0.39 is 0 Å². The van der Waals surface area contributed by atoms with Crippen molar-refractivity contribution in [1.82, 2.24) is 19.8 Å². The third-order valence-electron chi connectivity index (χ3n) is 5.86. The van der Waals surface area contributed by atoms with Gasteiger partial charge in [-0.1, -0.05) is 52.3 Å². The molecule has 4 aromatic rings. The fourth-order valence-corrected chi connectivity index (χ4v) is 4.39. The van der Waals surface area contributed by atoms with Crippen LogP contribution >= 0.6 is 15.9 Å². The van der Waals surface area contributed by atoms with Crippen LogP contribution in [0.25, 0.3) is 22.2 Å². The van der Waals surface area contributed by atoms with Crippen LogP contribution in [0.5, 0.6) is 0 Å². The Hall–Kier alpha value is -3.09. The Bertz CT molecular complexity index is 1240. The number of benzene rings is 2. The van der Waals surface area contributed by atoms with Gasteiger partial charge in [0.05, 0.1) is 22.5 Å².